The molecular weight excluding hydrogens is 312 g/mol. The number of benzene rings is 2. The van der Waals surface area contributed by atoms with Gasteiger partial charge in [-0.05, 0) is 54.8 Å². The van der Waals surface area contributed by atoms with Crippen molar-refractivity contribution in [1.82, 2.24) is 4.90 Å². The number of nitriles is 1. The Hall–Kier alpha value is -3.06. The number of aryl methyl sites for hydroxylation is 2. The van der Waals surface area contributed by atoms with E-state index in [4.69, 9.17) is 9.68 Å². The predicted octanol–water partition coefficient (Wildman–Crippen LogP) is 4.12. The summed E-state index contributed by atoms with van der Waals surface area (Å²) in [6.45, 7) is 4.62. The fourth-order valence-electron chi connectivity index (χ4n) is 2.82. The van der Waals surface area contributed by atoms with Gasteiger partial charge >= 0.3 is 0 Å². The van der Waals surface area contributed by atoms with E-state index in [0.29, 0.717) is 18.5 Å². The SMILES string of the molecule is Cc1cc2occ(CC(=O)N(C)Cc3ccc(C#N)cc3)c2cc1C. The van der Waals surface area contributed by atoms with Gasteiger partial charge in [-0.1, -0.05) is 12.1 Å². The molecule has 3 rings (SSSR count). The van der Waals surface area contributed by atoms with Crippen molar-refractivity contribution in [2.45, 2.75) is 26.8 Å². The van der Waals surface area contributed by atoms with Crippen LogP contribution in [0.4, 0.5) is 0 Å². The molecule has 4 nitrogen and oxygen atoms in total. The lowest BCUT2D eigenvalue weighted by atomic mass is 10.0. The third kappa shape index (κ3) is 3.56. The summed E-state index contributed by atoms with van der Waals surface area (Å²) in [5, 5.41) is 9.85. The lowest BCUT2D eigenvalue weighted by molar-refractivity contribution is -0.129. The van der Waals surface area contributed by atoms with E-state index in [9.17, 15) is 4.79 Å². The van der Waals surface area contributed by atoms with Gasteiger partial charge in [0.25, 0.3) is 0 Å². The minimum atomic E-state index is 0.0327. The Kier molecular flexibility index (Phi) is 4.58. The highest BCUT2D eigenvalue weighted by atomic mass is 16.3. The molecule has 0 spiro atoms. The molecule has 0 radical (unpaired) electrons. The summed E-state index contributed by atoms with van der Waals surface area (Å²) < 4.78 is 5.61. The fraction of sp³-hybridized carbons (Fsp3) is 0.238. The Balaban J connectivity index is 1.73. The van der Waals surface area contributed by atoms with Crippen LogP contribution in [0.15, 0.2) is 47.1 Å². The van der Waals surface area contributed by atoms with Gasteiger partial charge in [0.2, 0.25) is 5.91 Å². The van der Waals surface area contributed by atoms with E-state index in [1.807, 2.05) is 25.1 Å². The summed E-state index contributed by atoms with van der Waals surface area (Å²) in [6, 6.07) is 13.5. The number of carbonyl (C=O) groups is 1. The van der Waals surface area contributed by atoms with Crippen molar-refractivity contribution in [2.24, 2.45) is 0 Å². The molecule has 25 heavy (non-hydrogen) atoms. The molecule has 1 amide bonds. The summed E-state index contributed by atoms with van der Waals surface area (Å²) in [4.78, 5) is 14.3. The average Bonchev–Trinajstić information content (AvgIpc) is 2.97. The van der Waals surface area contributed by atoms with Crippen LogP contribution in [0.2, 0.25) is 0 Å². The maximum Gasteiger partial charge on any atom is 0.227 e. The van der Waals surface area contributed by atoms with Gasteiger partial charge in [-0.25, -0.2) is 0 Å². The monoisotopic (exact) mass is 332 g/mol. The van der Waals surface area contributed by atoms with E-state index >= 15 is 0 Å². The van der Waals surface area contributed by atoms with Crippen molar-refractivity contribution >= 4 is 16.9 Å². The quantitative estimate of drug-likeness (QED) is 0.722. The van der Waals surface area contributed by atoms with E-state index in [1.165, 1.54) is 11.1 Å². The van der Waals surface area contributed by atoms with Crippen LogP contribution in [0.1, 0.15) is 27.8 Å². The number of rotatable bonds is 4. The van der Waals surface area contributed by atoms with E-state index in [-0.39, 0.29) is 5.91 Å². The Morgan fingerprint density at radius 2 is 1.84 bits per heavy atom. The van der Waals surface area contributed by atoms with Gasteiger partial charge in [-0.15, -0.1) is 0 Å². The molecule has 2 aromatic carbocycles. The highest BCUT2D eigenvalue weighted by Gasteiger charge is 2.15. The molecule has 126 valence electrons. The van der Waals surface area contributed by atoms with Gasteiger partial charge < -0.3 is 9.32 Å². The van der Waals surface area contributed by atoms with E-state index in [1.54, 1.807) is 30.3 Å². The number of nitrogens with zero attached hydrogens (tertiary/aromatic N) is 2. The topological polar surface area (TPSA) is 57.2 Å². The van der Waals surface area contributed by atoms with Gasteiger partial charge in [0.15, 0.2) is 0 Å². The molecular formula is C21H20N2O2. The van der Waals surface area contributed by atoms with Crippen molar-refractivity contribution in [3.05, 3.63) is 70.5 Å². The van der Waals surface area contributed by atoms with E-state index < -0.39 is 0 Å². The van der Waals surface area contributed by atoms with Gasteiger partial charge in [0.05, 0.1) is 24.3 Å². The summed E-state index contributed by atoms with van der Waals surface area (Å²) in [5.41, 5.74) is 5.72. The maximum atomic E-state index is 12.6. The first kappa shape index (κ1) is 16.8. The van der Waals surface area contributed by atoms with Crippen LogP contribution < -0.4 is 0 Å². The molecule has 1 aromatic heterocycles. The maximum absolute atomic E-state index is 12.6. The molecule has 0 saturated carbocycles. The first-order valence-electron chi connectivity index (χ1n) is 8.18. The van der Waals surface area contributed by atoms with Gasteiger partial charge in [-0.3, -0.25) is 4.79 Å². The third-order valence-corrected chi connectivity index (χ3v) is 4.54. The molecule has 0 aliphatic rings. The number of fused-ring (bicyclic) bond motifs is 1. The standard InChI is InChI=1S/C21H20N2O2/c1-14-8-19-18(13-25-20(19)9-15(14)2)10-21(24)23(3)12-17-6-4-16(11-22)5-7-17/h4-9,13H,10,12H2,1-3H3. The summed E-state index contributed by atoms with van der Waals surface area (Å²) in [5.74, 6) is 0.0327. The molecule has 0 unspecified atom stereocenters. The molecule has 4 heteroatoms. The number of hydrogen-bond acceptors (Lipinski definition) is 3. The normalized spacial score (nSPS) is 10.6. The van der Waals surface area contributed by atoms with Crippen molar-refractivity contribution < 1.29 is 9.21 Å². The van der Waals surface area contributed by atoms with Crippen molar-refractivity contribution in [3.8, 4) is 6.07 Å². The second-order valence-electron chi connectivity index (χ2n) is 6.43. The molecule has 0 bridgehead atoms. The van der Waals surface area contributed by atoms with Crippen molar-refractivity contribution in [1.29, 1.82) is 5.26 Å². The van der Waals surface area contributed by atoms with Crippen LogP contribution in [0, 0.1) is 25.2 Å². The predicted molar refractivity (Wildman–Crippen MR) is 97.0 cm³/mol. The van der Waals surface area contributed by atoms with Gasteiger partial charge in [-0.2, -0.15) is 5.26 Å². The van der Waals surface area contributed by atoms with Crippen molar-refractivity contribution in [2.75, 3.05) is 7.05 Å². The lowest BCUT2D eigenvalue weighted by Crippen LogP contribution is -2.27. The van der Waals surface area contributed by atoms with Crippen LogP contribution in [0.5, 0.6) is 0 Å². The molecule has 1 heterocycles. The number of amides is 1. The summed E-state index contributed by atoms with van der Waals surface area (Å²) in [6.07, 6.45) is 1.99. The highest BCUT2D eigenvalue weighted by Crippen LogP contribution is 2.25. The van der Waals surface area contributed by atoms with Crippen LogP contribution in [0.25, 0.3) is 11.0 Å². The van der Waals surface area contributed by atoms with Crippen molar-refractivity contribution in [3.63, 3.8) is 0 Å². The number of hydrogen-bond donors (Lipinski definition) is 0. The van der Waals surface area contributed by atoms with Crippen LogP contribution >= 0.6 is 0 Å². The number of carbonyl (C=O) groups excluding carboxylic acids is 1. The van der Waals surface area contributed by atoms with E-state index in [2.05, 4.69) is 19.1 Å². The minimum absolute atomic E-state index is 0.0327. The zero-order valence-corrected chi connectivity index (χ0v) is 14.7. The zero-order valence-electron chi connectivity index (χ0n) is 14.7. The first-order valence-corrected chi connectivity index (χ1v) is 8.18. The fourth-order valence-corrected chi connectivity index (χ4v) is 2.82. The molecule has 0 N–H and O–H groups in total. The Morgan fingerprint density at radius 1 is 1.16 bits per heavy atom. The molecule has 0 atom stereocenters. The number of furan rings is 1. The Labute approximate surface area is 147 Å². The molecule has 0 fully saturated rings. The lowest BCUT2D eigenvalue weighted by Gasteiger charge is -2.17. The molecule has 0 saturated heterocycles. The number of likely N-dealkylation sites (N-methyl/N-ethyl adjacent to an activating group) is 1. The molecule has 0 aliphatic heterocycles. The summed E-state index contributed by atoms with van der Waals surface area (Å²) in [7, 11) is 1.79. The smallest absolute Gasteiger partial charge is 0.227 e. The third-order valence-electron chi connectivity index (χ3n) is 4.54. The summed E-state index contributed by atoms with van der Waals surface area (Å²) >= 11 is 0. The highest BCUT2D eigenvalue weighted by molar-refractivity contribution is 5.88. The second kappa shape index (κ2) is 6.82. The Morgan fingerprint density at radius 3 is 2.52 bits per heavy atom. The second-order valence-corrected chi connectivity index (χ2v) is 6.43. The largest absolute Gasteiger partial charge is 0.464 e. The van der Waals surface area contributed by atoms with E-state index in [0.717, 1.165) is 22.1 Å². The molecule has 0 aliphatic carbocycles. The zero-order chi connectivity index (χ0) is 18.0. The molecule has 3 aromatic rings. The Bertz CT molecular complexity index is 962. The minimum Gasteiger partial charge on any atom is -0.464 e. The van der Waals surface area contributed by atoms with Crippen LogP contribution in [-0.4, -0.2) is 17.9 Å². The van der Waals surface area contributed by atoms with Gasteiger partial charge in [0, 0.05) is 24.5 Å². The average molecular weight is 332 g/mol. The van der Waals surface area contributed by atoms with Gasteiger partial charge in [0.1, 0.15) is 5.58 Å². The van der Waals surface area contributed by atoms with Crippen LogP contribution in [0.3, 0.4) is 0 Å². The van der Waals surface area contributed by atoms with Crippen LogP contribution in [-0.2, 0) is 17.8 Å². The first-order chi connectivity index (χ1) is 12.0.